The van der Waals surface area contributed by atoms with Gasteiger partial charge in [0.15, 0.2) is 0 Å². The fourth-order valence-corrected chi connectivity index (χ4v) is 3.85. The number of carbonyl (C=O) groups is 1. The van der Waals surface area contributed by atoms with Crippen molar-refractivity contribution in [2.45, 2.75) is 27.7 Å². The molecule has 3 rings (SSSR count). The number of carbonyl (C=O) groups excluding carboxylic acids is 1. The van der Waals surface area contributed by atoms with Crippen molar-refractivity contribution in [3.05, 3.63) is 86.2 Å². The Morgan fingerprint density at radius 2 is 1.73 bits per heavy atom. The van der Waals surface area contributed by atoms with Gasteiger partial charge in [-0.05, 0) is 80.8 Å². The zero-order valence-corrected chi connectivity index (χ0v) is 18.7. The predicted molar refractivity (Wildman–Crippen MR) is 123 cm³/mol. The predicted octanol–water partition coefficient (Wildman–Crippen LogP) is 6.56. The molecule has 0 atom stereocenters. The summed E-state index contributed by atoms with van der Waals surface area (Å²) in [5, 5.41) is 12.8. The quantitative estimate of drug-likeness (QED) is 0.370. The van der Waals surface area contributed by atoms with E-state index in [2.05, 4.69) is 41.9 Å². The molecule has 152 valence electrons. The van der Waals surface area contributed by atoms with Crippen LogP contribution in [-0.2, 0) is 4.79 Å². The number of rotatable bonds is 4. The van der Waals surface area contributed by atoms with E-state index < -0.39 is 5.91 Å². The van der Waals surface area contributed by atoms with E-state index in [0.29, 0.717) is 10.7 Å². The molecule has 30 heavy (non-hydrogen) atoms. The number of halogens is 2. The van der Waals surface area contributed by atoms with E-state index in [0.717, 1.165) is 22.6 Å². The van der Waals surface area contributed by atoms with Crippen LogP contribution in [0.5, 0.6) is 0 Å². The molecule has 1 heterocycles. The molecule has 0 bridgehead atoms. The van der Waals surface area contributed by atoms with Gasteiger partial charge in [0.05, 0.1) is 15.7 Å². The third-order valence-electron chi connectivity index (χ3n) is 4.80. The molecule has 1 amide bonds. The number of hydrogen-bond acceptors (Lipinski definition) is 2. The first kappa shape index (κ1) is 21.7. The van der Waals surface area contributed by atoms with Gasteiger partial charge in [-0.2, -0.15) is 5.26 Å². The topological polar surface area (TPSA) is 57.8 Å². The molecular formula is C24H21Cl2N3O. The number of hydrogen-bond donors (Lipinski definition) is 1. The fourth-order valence-electron chi connectivity index (χ4n) is 3.50. The highest BCUT2D eigenvalue weighted by molar-refractivity contribution is 6.44. The Bertz CT molecular complexity index is 1200. The Balaban J connectivity index is 1.98. The smallest absolute Gasteiger partial charge is 0.266 e. The van der Waals surface area contributed by atoms with Crippen LogP contribution in [-0.4, -0.2) is 10.5 Å². The van der Waals surface area contributed by atoms with Gasteiger partial charge in [0.25, 0.3) is 5.91 Å². The second-order valence-corrected chi connectivity index (χ2v) is 8.02. The van der Waals surface area contributed by atoms with Gasteiger partial charge in [-0.1, -0.05) is 35.3 Å². The summed E-state index contributed by atoms with van der Waals surface area (Å²) < 4.78 is 2.12. The largest absolute Gasteiger partial charge is 0.320 e. The summed E-state index contributed by atoms with van der Waals surface area (Å²) in [6, 6.07) is 15.2. The average Bonchev–Trinajstić information content (AvgIpc) is 2.95. The second-order valence-electron chi connectivity index (χ2n) is 7.23. The molecule has 0 spiro atoms. The standard InChI is InChI=1S/C24H21Cl2N3O/c1-14-8-15(2)10-20(9-14)29-16(3)11-18(17(29)4)12-19(13-27)24(30)28-22-7-5-6-21(25)23(22)26/h5-12H,1-4H3,(H,28,30)/b19-12-. The summed E-state index contributed by atoms with van der Waals surface area (Å²) in [7, 11) is 0. The molecule has 0 radical (unpaired) electrons. The molecule has 6 heteroatoms. The lowest BCUT2D eigenvalue weighted by Gasteiger charge is -2.12. The van der Waals surface area contributed by atoms with Gasteiger partial charge >= 0.3 is 0 Å². The van der Waals surface area contributed by atoms with Gasteiger partial charge in [-0.15, -0.1) is 0 Å². The molecule has 0 unspecified atom stereocenters. The van der Waals surface area contributed by atoms with Crippen molar-refractivity contribution in [3.63, 3.8) is 0 Å². The molecule has 4 nitrogen and oxygen atoms in total. The Morgan fingerprint density at radius 3 is 2.37 bits per heavy atom. The summed E-state index contributed by atoms with van der Waals surface area (Å²) in [6.07, 6.45) is 1.59. The van der Waals surface area contributed by atoms with Gasteiger partial charge in [0.1, 0.15) is 11.6 Å². The van der Waals surface area contributed by atoms with Crippen molar-refractivity contribution in [3.8, 4) is 11.8 Å². The van der Waals surface area contributed by atoms with Crippen molar-refractivity contribution in [2.24, 2.45) is 0 Å². The lowest BCUT2D eigenvalue weighted by atomic mass is 10.1. The Labute approximate surface area is 186 Å². The monoisotopic (exact) mass is 437 g/mol. The maximum absolute atomic E-state index is 12.7. The van der Waals surface area contributed by atoms with E-state index in [4.69, 9.17) is 23.2 Å². The van der Waals surface area contributed by atoms with E-state index in [1.807, 2.05) is 26.0 Å². The van der Waals surface area contributed by atoms with Crippen LogP contribution in [0.3, 0.4) is 0 Å². The van der Waals surface area contributed by atoms with E-state index in [1.54, 1.807) is 24.3 Å². The number of nitrogens with one attached hydrogen (secondary N) is 1. The highest BCUT2D eigenvalue weighted by Crippen LogP contribution is 2.30. The molecule has 0 fully saturated rings. The van der Waals surface area contributed by atoms with Gasteiger partial charge in [0.2, 0.25) is 0 Å². The van der Waals surface area contributed by atoms with Crippen molar-refractivity contribution >= 4 is 40.9 Å². The van der Waals surface area contributed by atoms with Crippen LogP contribution in [0.4, 0.5) is 5.69 Å². The van der Waals surface area contributed by atoms with Crippen molar-refractivity contribution in [1.82, 2.24) is 4.57 Å². The van der Waals surface area contributed by atoms with Crippen LogP contribution in [0.15, 0.2) is 48.0 Å². The zero-order chi connectivity index (χ0) is 22.0. The Kier molecular flexibility index (Phi) is 6.36. The first-order chi connectivity index (χ1) is 14.2. The maximum atomic E-state index is 12.7. The first-order valence-electron chi connectivity index (χ1n) is 9.36. The highest BCUT2D eigenvalue weighted by atomic mass is 35.5. The summed E-state index contributed by atoms with van der Waals surface area (Å²) in [6.45, 7) is 8.09. The van der Waals surface area contributed by atoms with Gasteiger partial charge < -0.3 is 9.88 Å². The van der Waals surface area contributed by atoms with Crippen LogP contribution in [0, 0.1) is 39.0 Å². The Morgan fingerprint density at radius 1 is 1.07 bits per heavy atom. The lowest BCUT2D eigenvalue weighted by Crippen LogP contribution is -2.13. The van der Waals surface area contributed by atoms with Crippen LogP contribution in [0.1, 0.15) is 28.1 Å². The first-order valence-corrected chi connectivity index (χ1v) is 10.1. The fraction of sp³-hybridized carbons (Fsp3) is 0.167. The van der Waals surface area contributed by atoms with E-state index >= 15 is 0 Å². The highest BCUT2D eigenvalue weighted by Gasteiger charge is 2.16. The number of benzene rings is 2. The van der Waals surface area contributed by atoms with Crippen LogP contribution in [0.2, 0.25) is 10.0 Å². The molecule has 2 aromatic carbocycles. The molecule has 0 aliphatic heterocycles. The van der Waals surface area contributed by atoms with Crippen molar-refractivity contribution < 1.29 is 4.79 Å². The number of nitriles is 1. The summed E-state index contributed by atoms with van der Waals surface area (Å²) in [5.74, 6) is -0.544. The number of amides is 1. The Hall–Kier alpha value is -3.00. The molecule has 0 aliphatic carbocycles. The van der Waals surface area contributed by atoms with E-state index in [-0.39, 0.29) is 10.6 Å². The molecule has 0 aliphatic rings. The van der Waals surface area contributed by atoms with Crippen LogP contribution >= 0.6 is 23.2 Å². The minimum Gasteiger partial charge on any atom is -0.320 e. The van der Waals surface area contributed by atoms with E-state index in [1.165, 1.54) is 11.1 Å². The van der Waals surface area contributed by atoms with Crippen molar-refractivity contribution in [1.29, 1.82) is 5.26 Å². The minimum atomic E-state index is -0.544. The molecule has 0 saturated heterocycles. The number of nitrogens with zero attached hydrogens (tertiary/aromatic N) is 2. The molecule has 3 aromatic rings. The summed E-state index contributed by atoms with van der Waals surface area (Å²) >= 11 is 12.1. The van der Waals surface area contributed by atoms with Gasteiger partial charge in [-0.3, -0.25) is 4.79 Å². The van der Waals surface area contributed by atoms with Crippen LogP contribution in [0.25, 0.3) is 11.8 Å². The summed E-state index contributed by atoms with van der Waals surface area (Å²) in [4.78, 5) is 12.7. The third kappa shape index (κ3) is 4.43. The normalized spacial score (nSPS) is 11.3. The molecule has 1 N–H and O–H groups in total. The minimum absolute atomic E-state index is 0.0216. The summed E-state index contributed by atoms with van der Waals surface area (Å²) in [5.41, 5.74) is 6.49. The van der Waals surface area contributed by atoms with Gasteiger partial charge in [0, 0.05) is 17.1 Å². The molecule has 1 aromatic heterocycles. The molecular weight excluding hydrogens is 417 g/mol. The second kappa shape index (κ2) is 8.79. The molecule has 0 saturated carbocycles. The maximum Gasteiger partial charge on any atom is 0.266 e. The number of aryl methyl sites for hydroxylation is 3. The zero-order valence-electron chi connectivity index (χ0n) is 17.2. The third-order valence-corrected chi connectivity index (χ3v) is 5.62. The number of anilines is 1. The van der Waals surface area contributed by atoms with Crippen molar-refractivity contribution in [2.75, 3.05) is 5.32 Å². The SMILES string of the molecule is Cc1cc(C)cc(-n2c(C)cc(/C=C(/C#N)C(=O)Nc3cccc(Cl)c3Cl)c2C)c1. The number of aromatic nitrogens is 1. The van der Waals surface area contributed by atoms with E-state index in [9.17, 15) is 10.1 Å². The average molecular weight is 438 g/mol. The van der Waals surface area contributed by atoms with Gasteiger partial charge in [-0.25, -0.2) is 0 Å². The lowest BCUT2D eigenvalue weighted by molar-refractivity contribution is -0.112. The van der Waals surface area contributed by atoms with Crippen LogP contribution < -0.4 is 5.32 Å².